The molecule has 0 aliphatic heterocycles. The van der Waals surface area contributed by atoms with Crippen LogP contribution < -0.4 is 9.47 Å². The molecule has 0 bridgehead atoms. The Kier molecular flexibility index (Phi) is 6.49. The highest BCUT2D eigenvalue weighted by atomic mass is 16.5. The second-order valence-electron chi connectivity index (χ2n) is 3.73. The molecule has 0 fully saturated rings. The van der Waals surface area contributed by atoms with Crippen molar-refractivity contribution in [2.45, 2.75) is 19.6 Å². The number of hydrogen-bond acceptors (Lipinski definition) is 5. The molecule has 0 spiro atoms. The molecule has 0 saturated heterocycles. The Morgan fingerprint density at radius 2 is 2.06 bits per heavy atom. The normalized spacial score (nSPS) is 12.2. The molecule has 0 aliphatic carbocycles. The average Bonchev–Trinajstić information content (AvgIpc) is 2.42. The van der Waals surface area contributed by atoms with E-state index in [0.717, 1.165) is 0 Å². The van der Waals surface area contributed by atoms with E-state index in [2.05, 4.69) is 0 Å². The number of benzene rings is 1. The first-order chi connectivity index (χ1) is 8.72. The molecule has 1 aromatic carbocycles. The smallest absolute Gasteiger partial charge is 0.166 e. The largest absolute Gasteiger partial charge is 0.493 e. The van der Waals surface area contributed by atoms with Gasteiger partial charge in [0, 0.05) is 12.2 Å². The third kappa shape index (κ3) is 4.18. The van der Waals surface area contributed by atoms with E-state index in [0.29, 0.717) is 23.7 Å². The highest BCUT2D eigenvalue weighted by Gasteiger charge is 2.12. The van der Waals surface area contributed by atoms with Crippen molar-refractivity contribution in [1.82, 2.24) is 0 Å². The van der Waals surface area contributed by atoms with E-state index in [1.807, 2.05) is 6.92 Å². The quantitative estimate of drug-likeness (QED) is 0.725. The van der Waals surface area contributed by atoms with Gasteiger partial charge < -0.3 is 24.4 Å². The van der Waals surface area contributed by atoms with Crippen LogP contribution in [0.2, 0.25) is 0 Å². The highest BCUT2D eigenvalue weighted by Crippen LogP contribution is 2.31. The summed E-state index contributed by atoms with van der Waals surface area (Å²) in [5, 5.41) is 18.8. The molecule has 1 unspecified atom stereocenters. The molecule has 5 nitrogen and oxygen atoms in total. The molecular formula is C13H20O5. The third-order valence-corrected chi connectivity index (χ3v) is 2.39. The SMILES string of the molecule is CCOCC(O)COc1c(CO)cccc1OC. The summed E-state index contributed by atoms with van der Waals surface area (Å²) in [5.41, 5.74) is 0.623. The second-order valence-corrected chi connectivity index (χ2v) is 3.73. The van der Waals surface area contributed by atoms with Crippen molar-refractivity contribution < 1.29 is 24.4 Å². The first-order valence-corrected chi connectivity index (χ1v) is 5.88. The van der Waals surface area contributed by atoms with Crippen LogP contribution in [0.4, 0.5) is 0 Å². The lowest BCUT2D eigenvalue weighted by atomic mass is 10.2. The van der Waals surface area contributed by atoms with Crippen LogP contribution in [0.1, 0.15) is 12.5 Å². The van der Waals surface area contributed by atoms with Crippen molar-refractivity contribution in [3.63, 3.8) is 0 Å². The van der Waals surface area contributed by atoms with Gasteiger partial charge in [-0.15, -0.1) is 0 Å². The maximum atomic E-state index is 9.62. The maximum absolute atomic E-state index is 9.62. The summed E-state index contributed by atoms with van der Waals surface area (Å²) in [5.74, 6) is 0.989. The molecule has 18 heavy (non-hydrogen) atoms. The van der Waals surface area contributed by atoms with Crippen molar-refractivity contribution in [3.8, 4) is 11.5 Å². The zero-order valence-corrected chi connectivity index (χ0v) is 10.8. The van der Waals surface area contributed by atoms with E-state index in [1.54, 1.807) is 18.2 Å². The Labute approximate surface area is 107 Å². The van der Waals surface area contributed by atoms with Crippen molar-refractivity contribution >= 4 is 0 Å². The van der Waals surface area contributed by atoms with Gasteiger partial charge in [-0.3, -0.25) is 0 Å². The first-order valence-electron chi connectivity index (χ1n) is 5.88. The predicted molar refractivity (Wildman–Crippen MR) is 66.9 cm³/mol. The number of ether oxygens (including phenoxy) is 3. The van der Waals surface area contributed by atoms with Crippen molar-refractivity contribution in [2.75, 3.05) is 26.9 Å². The standard InChI is InChI=1S/C13H20O5/c1-3-17-8-11(15)9-18-13-10(7-14)5-4-6-12(13)16-2/h4-6,11,14-15H,3,7-9H2,1-2H3. The summed E-state index contributed by atoms with van der Waals surface area (Å²) < 4.78 is 15.7. The van der Waals surface area contributed by atoms with E-state index in [1.165, 1.54) is 7.11 Å². The fourth-order valence-corrected chi connectivity index (χ4v) is 1.49. The summed E-state index contributed by atoms with van der Waals surface area (Å²) in [7, 11) is 1.53. The zero-order chi connectivity index (χ0) is 13.4. The lowest BCUT2D eigenvalue weighted by Gasteiger charge is -2.16. The summed E-state index contributed by atoms with van der Waals surface area (Å²) in [4.78, 5) is 0. The molecule has 1 aromatic rings. The Hall–Kier alpha value is -1.30. The number of aliphatic hydroxyl groups is 2. The van der Waals surface area contributed by atoms with Gasteiger partial charge >= 0.3 is 0 Å². The molecule has 0 aliphatic rings. The van der Waals surface area contributed by atoms with E-state index in [4.69, 9.17) is 14.2 Å². The zero-order valence-electron chi connectivity index (χ0n) is 10.8. The van der Waals surface area contributed by atoms with E-state index < -0.39 is 6.10 Å². The van der Waals surface area contributed by atoms with Gasteiger partial charge in [-0.1, -0.05) is 12.1 Å². The number of aliphatic hydroxyl groups excluding tert-OH is 2. The van der Waals surface area contributed by atoms with Gasteiger partial charge in [0.25, 0.3) is 0 Å². The highest BCUT2D eigenvalue weighted by molar-refractivity contribution is 5.46. The summed E-state index contributed by atoms with van der Waals surface area (Å²) in [6.07, 6.45) is -0.707. The molecular weight excluding hydrogens is 236 g/mol. The minimum Gasteiger partial charge on any atom is -0.493 e. The number of methoxy groups -OCH3 is 1. The van der Waals surface area contributed by atoms with Gasteiger partial charge in [0.2, 0.25) is 0 Å². The third-order valence-electron chi connectivity index (χ3n) is 2.39. The Bertz CT molecular complexity index is 331. The van der Waals surface area contributed by atoms with Crippen LogP contribution in [0.3, 0.4) is 0 Å². The Balaban J connectivity index is 2.65. The fraction of sp³-hybridized carbons (Fsp3) is 0.538. The van der Waals surface area contributed by atoms with Gasteiger partial charge in [0.05, 0.1) is 20.3 Å². The topological polar surface area (TPSA) is 68.2 Å². The fourth-order valence-electron chi connectivity index (χ4n) is 1.49. The van der Waals surface area contributed by atoms with Crippen molar-refractivity contribution in [1.29, 1.82) is 0 Å². The molecule has 0 amide bonds. The van der Waals surface area contributed by atoms with Gasteiger partial charge in [0.15, 0.2) is 11.5 Å². The van der Waals surface area contributed by atoms with Crippen LogP contribution in [0.25, 0.3) is 0 Å². The van der Waals surface area contributed by atoms with Crippen LogP contribution in [0.15, 0.2) is 18.2 Å². The van der Waals surface area contributed by atoms with Gasteiger partial charge in [-0.2, -0.15) is 0 Å². The minimum atomic E-state index is -0.707. The van der Waals surface area contributed by atoms with E-state index >= 15 is 0 Å². The van der Waals surface area contributed by atoms with Gasteiger partial charge in [-0.05, 0) is 13.0 Å². The Morgan fingerprint density at radius 3 is 2.67 bits per heavy atom. The number of rotatable bonds is 8. The lowest BCUT2D eigenvalue weighted by Crippen LogP contribution is -2.23. The molecule has 0 heterocycles. The molecule has 0 radical (unpaired) electrons. The second kappa shape index (κ2) is 7.92. The van der Waals surface area contributed by atoms with E-state index in [-0.39, 0.29) is 19.8 Å². The molecule has 0 saturated carbocycles. The van der Waals surface area contributed by atoms with Gasteiger partial charge in [0.1, 0.15) is 12.7 Å². The summed E-state index contributed by atoms with van der Waals surface area (Å²) in [6.45, 7) is 2.58. The van der Waals surface area contributed by atoms with Crippen LogP contribution in [-0.4, -0.2) is 43.2 Å². The van der Waals surface area contributed by atoms with Crippen LogP contribution in [0, 0.1) is 0 Å². The summed E-state index contributed by atoms with van der Waals surface area (Å²) in [6, 6.07) is 5.25. The Morgan fingerprint density at radius 1 is 1.28 bits per heavy atom. The van der Waals surface area contributed by atoms with Crippen LogP contribution in [0.5, 0.6) is 11.5 Å². The van der Waals surface area contributed by atoms with E-state index in [9.17, 15) is 10.2 Å². The number of hydrogen-bond donors (Lipinski definition) is 2. The van der Waals surface area contributed by atoms with Gasteiger partial charge in [-0.25, -0.2) is 0 Å². The first kappa shape index (κ1) is 14.8. The number of para-hydroxylation sites is 1. The lowest BCUT2D eigenvalue weighted by molar-refractivity contribution is 0.0155. The molecule has 0 aromatic heterocycles. The van der Waals surface area contributed by atoms with Crippen LogP contribution >= 0.6 is 0 Å². The average molecular weight is 256 g/mol. The van der Waals surface area contributed by atoms with Crippen LogP contribution in [-0.2, 0) is 11.3 Å². The molecule has 1 atom stereocenters. The van der Waals surface area contributed by atoms with Crippen molar-refractivity contribution in [2.24, 2.45) is 0 Å². The molecule has 102 valence electrons. The molecule has 5 heteroatoms. The predicted octanol–water partition coefficient (Wildman–Crippen LogP) is 0.964. The monoisotopic (exact) mass is 256 g/mol. The molecule has 1 rings (SSSR count). The molecule has 2 N–H and O–H groups in total. The summed E-state index contributed by atoms with van der Waals surface area (Å²) >= 11 is 0. The maximum Gasteiger partial charge on any atom is 0.166 e. The minimum absolute atomic E-state index is 0.0906. The van der Waals surface area contributed by atoms with Crippen molar-refractivity contribution in [3.05, 3.63) is 23.8 Å².